The summed E-state index contributed by atoms with van der Waals surface area (Å²) < 4.78 is 0. The molecule has 1 heterocycles. The third-order valence-corrected chi connectivity index (χ3v) is 1.97. The fourth-order valence-electron chi connectivity index (χ4n) is 1.34. The summed E-state index contributed by atoms with van der Waals surface area (Å²) in [6.45, 7) is 3.82. The monoisotopic (exact) mass is 159 g/mol. The predicted molar refractivity (Wildman–Crippen MR) is 49.8 cm³/mol. The highest BCUT2D eigenvalue weighted by atomic mass is 15.1. The first kappa shape index (κ1) is 7.35. The summed E-state index contributed by atoms with van der Waals surface area (Å²) in [5.41, 5.74) is 2.43. The van der Waals surface area contributed by atoms with E-state index in [1.54, 1.807) is 0 Å². The van der Waals surface area contributed by atoms with E-state index in [1.807, 2.05) is 6.20 Å². The molecule has 0 aliphatic heterocycles. The quantitative estimate of drug-likeness (QED) is 0.715. The molecule has 1 N–H and O–H groups in total. The van der Waals surface area contributed by atoms with Crippen LogP contribution in [-0.4, -0.2) is 10.2 Å². The maximum Gasteiger partial charge on any atom is 0.0653 e. The Morgan fingerprint density at radius 1 is 1.42 bits per heavy atom. The Labute approximate surface area is 71.6 Å². The molecule has 2 heteroatoms. The molecule has 0 saturated heterocycles. The molecule has 0 atom stereocenters. The third kappa shape index (κ3) is 1.20. The number of aromatic amines is 1. The van der Waals surface area contributed by atoms with E-state index < -0.39 is 0 Å². The third-order valence-electron chi connectivity index (χ3n) is 1.97. The Balaban J connectivity index is 2.46. The van der Waals surface area contributed by atoms with E-state index in [9.17, 15) is 0 Å². The highest BCUT2D eigenvalue weighted by molar-refractivity contribution is 5.78. The van der Waals surface area contributed by atoms with Crippen LogP contribution in [0.25, 0.3) is 10.9 Å². The summed E-state index contributed by atoms with van der Waals surface area (Å²) in [7, 11) is 0. The number of nitrogens with one attached hydrogen (secondary N) is 1. The smallest absolute Gasteiger partial charge is 0.0653 e. The number of H-pyrrole nitrogens is 1. The molecule has 12 heavy (non-hydrogen) atoms. The summed E-state index contributed by atoms with van der Waals surface area (Å²) in [5.74, 6) is 0. The Hall–Kier alpha value is -1.31. The first-order valence-corrected chi connectivity index (χ1v) is 4.11. The highest BCUT2D eigenvalue weighted by Crippen LogP contribution is 2.13. The van der Waals surface area contributed by atoms with E-state index in [2.05, 4.69) is 35.3 Å². The minimum Gasteiger partial charge on any atom is -0.278 e. The van der Waals surface area contributed by atoms with Crippen molar-refractivity contribution in [3.63, 3.8) is 0 Å². The van der Waals surface area contributed by atoms with Gasteiger partial charge in [-0.3, -0.25) is 5.10 Å². The molecule has 0 bridgehead atoms. The van der Waals surface area contributed by atoms with Crippen molar-refractivity contribution in [2.75, 3.05) is 0 Å². The van der Waals surface area contributed by atoms with Gasteiger partial charge in [0.1, 0.15) is 0 Å². The minimum absolute atomic E-state index is 0.944. The van der Waals surface area contributed by atoms with Crippen LogP contribution in [0.1, 0.15) is 12.0 Å². The molecular formula is C10H11N2. The van der Waals surface area contributed by atoms with Crippen LogP contribution in [0.5, 0.6) is 0 Å². The SMILES string of the molecule is [CH2]CCc1ccc2cn[nH]c2c1. The molecule has 0 amide bonds. The van der Waals surface area contributed by atoms with Gasteiger partial charge in [-0.1, -0.05) is 19.1 Å². The molecule has 1 aromatic heterocycles. The van der Waals surface area contributed by atoms with Gasteiger partial charge in [-0.2, -0.15) is 5.10 Å². The molecule has 0 fully saturated rings. The molecule has 0 aliphatic rings. The Morgan fingerprint density at radius 3 is 3.17 bits per heavy atom. The number of rotatable bonds is 2. The van der Waals surface area contributed by atoms with Crippen molar-refractivity contribution in [2.45, 2.75) is 12.8 Å². The van der Waals surface area contributed by atoms with Gasteiger partial charge in [0, 0.05) is 5.39 Å². The summed E-state index contributed by atoms with van der Waals surface area (Å²) in [6.07, 6.45) is 3.82. The minimum atomic E-state index is 0.944. The van der Waals surface area contributed by atoms with Crippen LogP contribution < -0.4 is 0 Å². The van der Waals surface area contributed by atoms with Crippen LogP contribution >= 0.6 is 0 Å². The Bertz CT molecular complexity index is 376. The average molecular weight is 159 g/mol. The highest BCUT2D eigenvalue weighted by Gasteiger charge is 1.96. The zero-order valence-electron chi connectivity index (χ0n) is 6.88. The van der Waals surface area contributed by atoms with E-state index in [-0.39, 0.29) is 0 Å². The van der Waals surface area contributed by atoms with Gasteiger partial charge in [0.15, 0.2) is 0 Å². The van der Waals surface area contributed by atoms with E-state index in [4.69, 9.17) is 0 Å². The number of nitrogens with zero attached hydrogens (tertiary/aromatic N) is 1. The fraction of sp³-hybridized carbons (Fsp3) is 0.200. The van der Waals surface area contributed by atoms with Crippen molar-refractivity contribution >= 4 is 10.9 Å². The predicted octanol–water partition coefficient (Wildman–Crippen LogP) is 2.33. The van der Waals surface area contributed by atoms with E-state index in [0.717, 1.165) is 18.4 Å². The van der Waals surface area contributed by atoms with Crippen LogP contribution in [0, 0.1) is 6.92 Å². The second kappa shape index (κ2) is 2.97. The summed E-state index contributed by atoms with van der Waals surface area (Å²) >= 11 is 0. The second-order valence-corrected chi connectivity index (χ2v) is 2.90. The molecule has 1 aromatic carbocycles. The van der Waals surface area contributed by atoms with Crippen molar-refractivity contribution in [2.24, 2.45) is 0 Å². The van der Waals surface area contributed by atoms with Gasteiger partial charge >= 0.3 is 0 Å². The van der Waals surface area contributed by atoms with Crippen molar-refractivity contribution in [1.29, 1.82) is 0 Å². The van der Waals surface area contributed by atoms with Gasteiger partial charge in [0.2, 0.25) is 0 Å². The second-order valence-electron chi connectivity index (χ2n) is 2.90. The van der Waals surface area contributed by atoms with Gasteiger partial charge in [-0.25, -0.2) is 0 Å². The molecule has 2 nitrogen and oxygen atoms in total. The Morgan fingerprint density at radius 2 is 2.33 bits per heavy atom. The molecule has 0 unspecified atom stereocenters. The number of benzene rings is 1. The topological polar surface area (TPSA) is 28.7 Å². The molecule has 2 aromatic rings. The number of aryl methyl sites for hydroxylation is 1. The van der Waals surface area contributed by atoms with E-state index in [1.165, 1.54) is 10.9 Å². The zero-order chi connectivity index (χ0) is 8.39. The van der Waals surface area contributed by atoms with Crippen molar-refractivity contribution in [3.05, 3.63) is 36.9 Å². The molecule has 1 radical (unpaired) electrons. The lowest BCUT2D eigenvalue weighted by atomic mass is 10.1. The molecule has 0 saturated carbocycles. The van der Waals surface area contributed by atoms with Gasteiger partial charge in [0.05, 0.1) is 11.7 Å². The van der Waals surface area contributed by atoms with E-state index >= 15 is 0 Å². The van der Waals surface area contributed by atoms with Gasteiger partial charge in [-0.05, 0) is 24.5 Å². The maximum atomic E-state index is 3.96. The molecule has 2 rings (SSSR count). The summed E-state index contributed by atoms with van der Waals surface area (Å²) in [4.78, 5) is 0. The van der Waals surface area contributed by atoms with Crippen molar-refractivity contribution in [1.82, 2.24) is 10.2 Å². The first-order valence-electron chi connectivity index (χ1n) is 4.11. The van der Waals surface area contributed by atoms with Crippen LogP contribution in [-0.2, 0) is 6.42 Å². The summed E-state index contributed by atoms with van der Waals surface area (Å²) in [5, 5.41) is 8.08. The molecule has 61 valence electrons. The molecule has 0 aliphatic carbocycles. The van der Waals surface area contributed by atoms with Crippen LogP contribution in [0.2, 0.25) is 0 Å². The number of fused-ring (bicyclic) bond motifs is 1. The fourth-order valence-corrected chi connectivity index (χ4v) is 1.34. The lowest BCUT2D eigenvalue weighted by Crippen LogP contribution is -1.81. The van der Waals surface area contributed by atoms with Crippen LogP contribution in [0.4, 0.5) is 0 Å². The van der Waals surface area contributed by atoms with Crippen molar-refractivity contribution in [3.8, 4) is 0 Å². The zero-order valence-corrected chi connectivity index (χ0v) is 6.88. The normalized spacial score (nSPS) is 10.8. The first-order chi connectivity index (χ1) is 5.90. The number of hydrogen-bond donors (Lipinski definition) is 1. The number of hydrogen-bond acceptors (Lipinski definition) is 1. The Kier molecular flexibility index (Phi) is 1.82. The number of aromatic nitrogens is 2. The average Bonchev–Trinajstić information content (AvgIpc) is 2.51. The van der Waals surface area contributed by atoms with Gasteiger partial charge < -0.3 is 0 Å². The van der Waals surface area contributed by atoms with Gasteiger partial charge in [0.25, 0.3) is 0 Å². The maximum absolute atomic E-state index is 3.96. The summed E-state index contributed by atoms with van der Waals surface area (Å²) in [6, 6.07) is 6.35. The van der Waals surface area contributed by atoms with Crippen LogP contribution in [0.3, 0.4) is 0 Å². The standard InChI is InChI=1S/C10H11N2/c1-2-3-8-4-5-9-7-11-12-10(9)6-8/h4-7H,1-3H2,(H,11,12). The van der Waals surface area contributed by atoms with Gasteiger partial charge in [-0.15, -0.1) is 0 Å². The van der Waals surface area contributed by atoms with Crippen molar-refractivity contribution < 1.29 is 0 Å². The molecular weight excluding hydrogens is 148 g/mol. The lowest BCUT2D eigenvalue weighted by molar-refractivity contribution is 1.00. The van der Waals surface area contributed by atoms with Crippen LogP contribution in [0.15, 0.2) is 24.4 Å². The molecule has 0 spiro atoms. The lowest BCUT2D eigenvalue weighted by Gasteiger charge is -1.96. The van der Waals surface area contributed by atoms with E-state index in [0.29, 0.717) is 0 Å². The largest absolute Gasteiger partial charge is 0.278 e.